The van der Waals surface area contributed by atoms with Gasteiger partial charge in [-0.05, 0) is 18.9 Å². The lowest BCUT2D eigenvalue weighted by molar-refractivity contribution is 0.580. The first-order valence-electron chi connectivity index (χ1n) is 3.37. The Hall–Kier alpha value is -1.78. The van der Waals surface area contributed by atoms with Crippen LogP contribution in [0.3, 0.4) is 0 Å². The van der Waals surface area contributed by atoms with Gasteiger partial charge >= 0.3 is 0 Å². The van der Waals surface area contributed by atoms with E-state index in [-0.39, 0.29) is 5.69 Å². The van der Waals surface area contributed by atoms with Crippen LogP contribution in [0.2, 0.25) is 0 Å². The van der Waals surface area contributed by atoms with Crippen LogP contribution in [0, 0.1) is 17.0 Å². The first kappa shape index (κ1) is 9.31. The Bertz CT molecular complexity index is 374. The van der Waals surface area contributed by atoms with Gasteiger partial charge in [-0.1, -0.05) is 0 Å². The Balaban J connectivity index is 3.47. The lowest BCUT2D eigenvalue weighted by atomic mass is 10.1. The molecule has 0 aliphatic rings. The van der Waals surface area contributed by atoms with Gasteiger partial charge in [-0.25, -0.2) is 8.78 Å². The Kier molecular flexibility index (Phi) is 2.36. The fraction of sp³-hybridized carbons (Fsp3) is 0. The second kappa shape index (κ2) is 3.30. The quantitative estimate of drug-likeness (QED) is 0.530. The molecule has 0 saturated carbocycles. The maximum atomic E-state index is 13.2. The van der Waals surface area contributed by atoms with E-state index in [1.807, 2.05) is 0 Å². The van der Waals surface area contributed by atoms with Crippen molar-refractivity contribution in [2.24, 2.45) is 10.7 Å². The Morgan fingerprint density at radius 3 is 2.54 bits per heavy atom. The van der Waals surface area contributed by atoms with Crippen molar-refractivity contribution in [1.29, 1.82) is 5.41 Å². The third kappa shape index (κ3) is 1.53. The van der Waals surface area contributed by atoms with Crippen LogP contribution in [0.5, 0.6) is 0 Å². The summed E-state index contributed by atoms with van der Waals surface area (Å²) in [6.07, 6.45) is 0. The fourth-order valence-corrected chi connectivity index (χ4v) is 0.911. The molecule has 3 N–H and O–H groups in total. The van der Waals surface area contributed by atoms with E-state index >= 15 is 0 Å². The van der Waals surface area contributed by atoms with Crippen LogP contribution in [0.25, 0.3) is 0 Å². The van der Waals surface area contributed by atoms with Gasteiger partial charge in [0, 0.05) is 0 Å². The summed E-state index contributed by atoms with van der Waals surface area (Å²) in [6, 6.07) is 2.12. The number of amidine groups is 1. The van der Waals surface area contributed by atoms with Crippen LogP contribution in [0.4, 0.5) is 14.5 Å². The van der Waals surface area contributed by atoms with Gasteiger partial charge in [-0.3, -0.25) is 10.4 Å². The molecule has 1 aromatic rings. The number of benzene rings is 1. The number of aliphatic imine (C=N–C) groups is 1. The first-order chi connectivity index (χ1) is 6.07. The van der Waals surface area contributed by atoms with E-state index in [0.717, 1.165) is 12.1 Å². The zero-order valence-corrected chi connectivity index (χ0v) is 6.64. The molecule has 0 aliphatic carbocycles. The van der Waals surface area contributed by atoms with Crippen molar-refractivity contribution in [3.05, 3.63) is 29.3 Å². The minimum absolute atomic E-state index is 0.119. The average molecular weight is 183 g/mol. The van der Waals surface area contributed by atoms with Crippen molar-refractivity contribution >= 4 is 18.2 Å². The van der Waals surface area contributed by atoms with Crippen LogP contribution >= 0.6 is 0 Å². The SMILES string of the molecule is C=Nc1ccc(F)c(C(=N)N)c1F. The highest BCUT2D eigenvalue weighted by Gasteiger charge is 2.14. The van der Waals surface area contributed by atoms with E-state index in [0.29, 0.717) is 0 Å². The lowest BCUT2D eigenvalue weighted by Crippen LogP contribution is -2.15. The minimum atomic E-state index is -0.956. The normalized spacial score (nSPS) is 9.69. The second-order valence-corrected chi connectivity index (χ2v) is 2.33. The molecule has 1 rings (SSSR count). The van der Waals surface area contributed by atoms with Crippen LogP contribution in [-0.4, -0.2) is 12.6 Å². The van der Waals surface area contributed by atoms with Gasteiger partial charge in [0.15, 0.2) is 5.82 Å². The number of nitrogens with zero attached hydrogens (tertiary/aromatic N) is 1. The van der Waals surface area contributed by atoms with Gasteiger partial charge in [-0.15, -0.1) is 0 Å². The molecule has 13 heavy (non-hydrogen) atoms. The van der Waals surface area contributed by atoms with Crippen molar-refractivity contribution in [2.75, 3.05) is 0 Å². The number of nitrogens with two attached hydrogens (primary N) is 1. The molecule has 0 atom stereocenters. The van der Waals surface area contributed by atoms with Crippen LogP contribution in [-0.2, 0) is 0 Å². The average Bonchev–Trinajstić information content (AvgIpc) is 2.04. The predicted molar refractivity (Wildman–Crippen MR) is 46.6 cm³/mol. The molecule has 0 amide bonds. The van der Waals surface area contributed by atoms with Gasteiger partial charge in [0.2, 0.25) is 0 Å². The van der Waals surface area contributed by atoms with Crippen molar-refractivity contribution < 1.29 is 8.78 Å². The number of nitrogen functional groups attached to an aromatic ring is 1. The molecule has 3 nitrogen and oxygen atoms in total. The third-order valence-electron chi connectivity index (χ3n) is 1.51. The number of hydrogen-bond acceptors (Lipinski definition) is 2. The molecule has 0 saturated heterocycles. The first-order valence-corrected chi connectivity index (χ1v) is 3.37. The van der Waals surface area contributed by atoms with Gasteiger partial charge < -0.3 is 5.73 Å². The molecule has 0 fully saturated rings. The fourth-order valence-electron chi connectivity index (χ4n) is 0.911. The highest BCUT2D eigenvalue weighted by molar-refractivity contribution is 5.96. The number of rotatable bonds is 2. The van der Waals surface area contributed by atoms with E-state index in [2.05, 4.69) is 11.7 Å². The highest BCUT2D eigenvalue weighted by Crippen LogP contribution is 2.22. The van der Waals surface area contributed by atoms with E-state index in [4.69, 9.17) is 11.1 Å². The number of hydrogen-bond donors (Lipinski definition) is 2. The van der Waals surface area contributed by atoms with Crippen molar-refractivity contribution in [1.82, 2.24) is 0 Å². The third-order valence-corrected chi connectivity index (χ3v) is 1.51. The highest BCUT2D eigenvalue weighted by atomic mass is 19.1. The molecule has 0 aromatic heterocycles. The van der Waals surface area contributed by atoms with Crippen LogP contribution < -0.4 is 5.73 Å². The molecule has 5 heteroatoms. The van der Waals surface area contributed by atoms with E-state index < -0.39 is 23.0 Å². The summed E-state index contributed by atoms with van der Waals surface area (Å²) in [4.78, 5) is 3.31. The van der Waals surface area contributed by atoms with Crippen LogP contribution in [0.1, 0.15) is 5.56 Å². The predicted octanol–water partition coefficient (Wildman–Crippen LogP) is 1.58. The maximum absolute atomic E-state index is 13.2. The molecule has 0 radical (unpaired) electrons. The summed E-state index contributed by atoms with van der Waals surface area (Å²) in [5.41, 5.74) is 4.30. The summed E-state index contributed by atoms with van der Waals surface area (Å²) in [5.74, 6) is -2.50. The van der Waals surface area contributed by atoms with E-state index in [9.17, 15) is 8.78 Å². The minimum Gasteiger partial charge on any atom is -0.384 e. The summed E-state index contributed by atoms with van der Waals surface area (Å²) in [6.45, 7) is 3.10. The van der Waals surface area contributed by atoms with Crippen molar-refractivity contribution in [3.63, 3.8) is 0 Å². The van der Waals surface area contributed by atoms with Crippen molar-refractivity contribution in [3.8, 4) is 0 Å². The second-order valence-electron chi connectivity index (χ2n) is 2.33. The molecule has 1 aromatic carbocycles. The maximum Gasteiger partial charge on any atom is 0.162 e. The van der Waals surface area contributed by atoms with E-state index in [1.165, 1.54) is 0 Å². The lowest BCUT2D eigenvalue weighted by Gasteiger charge is -2.03. The van der Waals surface area contributed by atoms with Gasteiger partial charge in [-0.2, -0.15) is 0 Å². The Morgan fingerprint density at radius 2 is 2.08 bits per heavy atom. The molecule has 0 bridgehead atoms. The van der Waals surface area contributed by atoms with Gasteiger partial charge in [0.25, 0.3) is 0 Å². The Labute approximate surface area is 73.4 Å². The number of nitrogens with one attached hydrogen (secondary N) is 1. The monoisotopic (exact) mass is 183 g/mol. The molecule has 0 unspecified atom stereocenters. The molecule has 0 heterocycles. The summed E-state index contributed by atoms with van der Waals surface area (Å²) in [5, 5.41) is 6.92. The number of halogens is 2. The van der Waals surface area contributed by atoms with Gasteiger partial charge in [0.1, 0.15) is 11.7 Å². The molecule has 0 aliphatic heterocycles. The molecular formula is C8H7F2N3. The summed E-state index contributed by atoms with van der Waals surface area (Å²) < 4.78 is 26.1. The van der Waals surface area contributed by atoms with Crippen molar-refractivity contribution in [2.45, 2.75) is 0 Å². The zero-order chi connectivity index (χ0) is 10.0. The van der Waals surface area contributed by atoms with Gasteiger partial charge in [0.05, 0.1) is 11.3 Å². The molecular weight excluding hydrogens is 176 g/mol. The summed E-state index contributed by atoms with van der Waals surface area (Å²) in [7, 11) is 0. The zero-order valence-electron chi connectivity index (χ0n) is 6.64. The summed E-state index contributed by atoms with van der Waals surface area (Å²) >= 11 is 0. The topological polar surface area (TPSA) is 62.2 Å². The smallest absolute Gasteiger partial charge is 0.162 e. The molecule has 68 valence electrons. The van der Waals surface area contributed by atoms with Crippen LogP contribution in [0.15, 0.2) is 17.1 Å². The largest absolute Gasteiger partial charge is 0.384 e. The van der Waals surface area contributed by atoms with E-state index in [1.54, 1.807) is 0 Å². The Morgan fingerprint density at radius 1 is 1.46 bits per heavy atom. The molecule has 0 spiro atoms. The standard InChI is InChI=1S/C8H7F2N3/c1-13-5-3-2-4(9)6(7(5)10)8(11)12/h2-3H,1H2,(H3,11,12).